The summed E-state index contributed by atoms with van der Waals surface area (Å²) in [6.45, 7) is 16.3. The first-order chi connectivity index (χ1) is 31.4. The minimum atomic E-state index is 0.504. The number of hydrogen-bond donors (Lipinski definition) is 0. The number of hydrogen-bond acceptors (Lipinski definition) is 6. The summed E-state index contributed by atoms with van der Waals surface area (Å²) in [6, 6.07) is 56.1. The van der Waals surface area contributed by atoms with Crippen LogP contribution in [0, 0.1) is 13.1 Å². The molecule has 8 nitrogen and oxygen atoms in total. The summed E-state index contributed by atoms with van der Waals surface area (Å²) < 4.78 is 21.6. The fourth-order valence-corrected chi connectivity index (χ4v) is 7.59. The van der Waals surface area contributed by atoms with Gasteiger partial charge in [-0.1, -0.05) is 72.8 Å². The van der Waals surface area contributed by atoms with Crippen molar-refractivity contribution in [2.45, 2.75) is 0 Å². The van der Waals surface area contributed by atoms with Gasteiger partial charge in [0.15, 0.2) is 0 Å². The highest BCUT2D eigenvalue weighted by Gasteiger charge is 2.16. The van der Waals surface area contributed by atoms with E-state index in [2.05, 4.69) is 68.0 Å². The van der Waals surface area contributed by atoms with Crippen molar-refractivity contribution in [2.24, 2.45) is 0 Å². The Morgan fingerprint density at radius 1 is 0.328 bits per heavy atom. The Balaban J connectivity index is 1.03. The number of nitrogens with zero attached hydrogens (tertiary/aromatic N) is 4. The minimum absolute atomic E-state index is 0.504. The van der Waals surface area contributed by atoms with Crippen LogP contribution in [-0.2, 0) is 0 Å². The highest BCUT2D eigenvalue weighted by atomic mass is 16.5. The first-order valence-electron chi connectivity index (χ1n) is 20.5. The van der Waals surface area contributed by atoms with Crippen LogP contribution in [0.25, 0.3) is 44.8 Å². The Bertz CT molecular complexity index is 2720. The van der Waals surface area contributed by atoms with E-state index in [1.165, 1.54) is 0 Å². The average Bonchev–Trinajstić information content (AvgIpc) is 3.36. The average molecular weight is 837 g/mol. The lowest BCUT2D eigenvalue weighted by Crippen LogP contribution is -2.09. The Kier molecular flexibility index (Phi) is 12.7. The molecule has 64 heavy (non-hydrogen) atoms. The number of rotatable bonds is 14. The third kappa shape index (κ3) is 8.99. The molecule has 0 radical (unpaired) electrons. The standard InChI is InChI=1S/C56H44N4O4/c1-57-55-41(13-7-39-9-17-43(18-10-39)59(45-21-29-49(61-3)30-22-45)46-23-31-50(62-4)32-24-46)15-38-54-53(55)37-16-42(56(54)58-2)14-8-40-11-19-44(20-12-40)60(47-25-33-51(63-5)34-26-47)48-27-35-52(64-6)36-28-48/h7-38H,3-6H3. The van der Waals surface area contributed by atoms with Crippen molar-refractivity contribution in [1.82, 2.24) is 0 Å². The van der Waals surface area contributed by atoms with Gasteiger partial charge in [0.1, 0.15) is 23.0 Å². The van der Waals surface area contributed by atoms with Crippen molar-refractivity contribution in [3.63, 3.8) is 0 Å². The zero-order valence-electron chi connectivity index (χ0n) is 35.9. The van der Waals surface area contributed by atoms with Crippen LogP contribution in [0.15, 0.2) is 170 Å². The molecular formula is C56H44N4O4. The van der Waals surface area contributed by atoms with Crippen LogP contribution in [0.5, 0.6) is 23.0 Å². The summed E-state index contributed by atoms with van der Waals surface area (Å²) >= 11 is 0. The molecule has 0 aliphatic heterocycles. The molecule has 0 N–H and O–H groups in total. The van der Waals surface area contributed by atoms with E-state index in [0.29, 0.717) is 11.4 Å². The van der Waals surface area contributed by atoms with Crippen molar-refractivity contribution in [1.29, 1.82) is 0 Å². The maximum Gasteiger partial charge on any atom is 0.200 e. The minimum Gasteiger partial charge on any atom is -0.497 e. The Morgan fingerprint density at radius 2 is 0.578 bits per heavy atom. The molecular weight excluding hydrogens is 793 g/mol. The van der Waals surface area contributed by atoms with Gasteiger partial charge in [-0.05, 0) is 154 Å². The van der Waals surface area contributed by atoms with Gasteiger partial charge in [0.05, 0.1) is 41.6 Å². The van der Waals surface area contributed by atoms with Gasteiger partial charge in [0.2, 0.25) is 11.4 Å². The third-order valence-electron chi connectivity index (χ3n) is 11.0. The number of methoxy groups -OCH3 is 4. The molecule has 0 bridgehead atoms. The van der Waals surface area contributed by atoms with E-state index in [-0.39, 0.29) is 0 Å². The molecule has 0 spiro atoms. The second kappa shape index (κ2) is 19.3. The predicted molar refractivity (Wildman–Crippen MR) is 263 cm³/mol. The Hall–Kier alpha value is -8.72. The Labute approximate surface area is 374 Å². The SMILES string of the molecule is [C-]#[N+]c1c(C=Cc2ccc(N(c3ccc(OC)cc3)c3ccc(OC)cc3)cc2)ccc2c([N+]#[C-])c(C=Cc3ccc(N(c4ccc(OC)cc4)c4ccc(OC)cc4)cc3)ccc12. The molecule has 0 atom stereocenters. The van der Waals surface area contributed by atoms with Crippen LogP contribution in [0.4, 0.5) is 45.5 Å². The van der Waals surface area contributed by atoms with Gasteiger partial charge in [-0.15, -0.1) is 0 Å². The lowest BCUT2D eigenvalue weighted by Gasteiger charge is -2.26. The molecule has 8 heteroatoms. The Morgan fingerprint density at radius 3 is 0.812 bits per heavy atom. The summed E-state index contributed by atoms with van der Waals surface area (Å²) in [6.07, 6.45) is 7.95. The van der Waals surface area contributed by atoms with E-state index < -0.39 is 0 Å². The van der Waals surface area contributed by atoms with Crippen LogP contribution in [0.2, 0.25) is 0 Å². The summed E-state index contributed by atoms with van der Waals surface area (Å²) in [4.78, 5) is 12.3. The second-order valence-electron chi connectivity index (χ2n) is 14.6. The molecule has 8 aromatic carbocycles. The van der Waals surface area contributed by atoms with Crippen molar-refractivity contribution < 1.29 is 18.9 Å². The summed E-state index contributed by atoms with van der Waals surface area (Å²) in [5, 5.41) is 1.48. The molecule has 0 saturated carbocycles. The van der Waals surface area contributed by atoms with Crippen molar-refractivity contribution >= 4 is 80.6 Å². The first-order valence-corrected chi connectivity index (χ1v) is 20.5. The highest BCUT2D eigenvalue weighted by molar-refractivity contribution is 6.08. The fourth-order valence-electron chi connectivity index (χ4n) is 7.59. The fraction of sp³-hybridized carbons (Fsp3) is 0.0714. The number of benzene rings is 8. The van der Waals surface area contributed by atoms with Crippen LogP contribution >= 0.6 is 0 Å². The molecule has 0 amide bonds. The van der Waals surface area contributed by atoms with E-state index >= 15 is 0 Å². The molecule has 8 aromatic rings. The van der Waals surface area contributed by atoms with Crippen molar-refractivity contribution in [3.05, 3.63) is 215 Å². The molecule has 0 aliphatic carbocycles. The molecule has 0 saturated heterocycles. The normalized spacial score (nSPS) is 11.0. The maximum atomic E-state index is 8.17. The van der Waals surface area contributed by atoms with E-state index in [4.69, 9.17) is 32.1 Å². The van der Waals surface area contributed by atoms with E-state index in [9.17, 15) is 0 Å². The predicted octanol–water partition coefficient (Wildman–Crippen LogP) is 15.3. The molecule has 0 unspecified atom stereocenters. The molecule has 0 aliphatic rings. The lowest BCUT2D eigenvalue weighted by atomic mass is 9.98. The maximum absolute atomic E-state index is 8.17. The summed E-state index contributed by atoms with van der Waals surface area (Å²) in [5.74, 6) is 3.14. The molecule has 312 valence electrons. The van der Waals surface area contributed by atoms with Gasteiger partial charge in [-0.2, -0.15) is 0 Å². The zero-order valence-corrected chi connectivity index (χ0v) is 35.9. The third-order valence-corrected chi connectivity index (χ3v) is 11.0. The van der Waals surface area contributed by atoms with E-state index in [1.807, 2.05) is 146 Å². The van der Waals surface area contributed by atoms with E-state index in [1.54, 1.807) is 28.4 Å². The second-order valence-corrected chi connectivity index (χ2v) is 14.6. The molecule has 0 aromatic heterocycles. The largest absolute Gasteiger partial charge is 0.497 e. The number of fused-ring (bicyclic) bond motifs is 1. The summed E-state index contributed by atoms with van der Waals surface area (Å²) in [7, 11) is 6.64. The van der Waals surface area contributed by atoms with Gasteiger partial charge in [0, 0.05) is 34.1 Å². The van der Waals surface area contributed by atoms with Gasteiger partial charge in [-0.3, -0.25) is 0 Å². The van der Waals surface area contributed by atoms with Gasteiger partial charge >= 0.3 is 0 Å². The number of anilines is 6. The van der Waals surface area contributed by atoms with Crippen LogP contribution < -0.4 is 28.7 Å². The van der Waals surface area contributed by atoms with Gasteiger partial charge in [-0.25, -0.2) is 9.69 Å². The molecule has 0 heterocycles. The van der Waals surface area contributed by atoms with Crippen LogP contribution in [-0.4, -0.2) is 28.4 Å². The monoisotopic (exact) mass is 836 g/mol. The van der Waals surface area contributed by atoms with Crippen LogP contribution in [0.3, 0.4) is 0 Å². The number of ether oxygens (including phenoxy) is 4. The topological polar surface area (TPSA) is 52.1 Å². The van der Waals surface area contributed by atoms with Crippen LogP contribution in [0.1, 0.15) is 22.3 Å². The van der Waals surface area contributed by atoms with Crippen molar-refractivity contribution in [2.75, 3.05) is 38.2 Å². The molecule has 8 rings (SSSR count). The lowest BCUT2D eigenvalue weighted by molar-refractivity contribution is 0.414. The smallest absolute Gasteiger partial charge is 0.200 e. The zero-order chi connectivity index (χ0) is 44.4. The van der Waals surface area contributed by atoms with E-state index in [0.717, 1.165) is 90.1 Å². The highest BCUT2D eigenvalue weighted by Crippen LogP contribution is 2.41. The van der Waals surface area contributed by atoms with Crippen molar-refractivity contribution in [3.8, 4) is 23.0 Å². The summed E-state index contributed by atoms with van der Waals surface area (Å²) in [5.41, 5.74) is 10.4. The van der Waals surface area contributed by atoms with Gasteiger partial charge < -0.3 is 28.7 Å². The van der Waals surface area contributed by atoms with Gasteiger partial charge in [0.25, 0.3) is 0 Å². The molecule has 0 fully saturated rings. The quantitative estimate of drug-likeness (QED) is 0.0803. The first kappa shape index (κ1) is 42.0.